The zero-order valence-corrected chi connectivity index (χ0v) is 20.2. The minimum Gasteiger partial charge on any atom is -0.364 e. The van der Waals surface area contributed by atoms with Crippen molar-refractivity contribution in [3.8, 4) is 11.8 Å². The Balaban J connectivity index is 1.49. The number of carbonyl (C=O) groups is 1. The number of nitrogens with one attached hydrogen (secondary N) is 1. The van der Waals surface area contributed by atoms with Gasteiger partial charge in [-0.2, -0.15) is 23.5 Å². The van der Waals surface area contributed by atoms with Crippen molar-refractivity contribution in [3.05, 3.63) is 124 Å². The molecule has 0 aliphatic heterocycles. The molecular formula is C29H20F4N4O2. The Kier molecular flexibility index (Phi) is 7.00. The van der Waals surface area contributed by atoms with Gasteiger partial charge in [0.1, 0.15) is 17.6 Å². The van der Waals surface area contributed by atoms with E-state index in [1.165, 1.54) is 36.4 Å². The Morgan fingerprint density at radius 1 is 1.05 bits per heavy atom. The van der Waals surface area contributed by atoms with Crippen LogP contribution in [0.4, 0.5) is 23.2 Å². The highest BCUT2D eigenvalue weighted by Gasteiger charge is 2.36. The summed E-state index contributed by atoms with van der Waals surface area (Å²) in [7, 11) is 0. The molecule has 5 rings (SSSR count). The molecular weight excluding hydrogens is 512 g/mol. The van der Waals surface area contributed by atoms with Gasteiger partial charge in [-0.05, 0) is 53.5 Å². The van der Waals surface area contributed by atoms with Gasteiger partial charge < -0.3 is 10.1 Å². The van der Waals surface area contributed by atoms with Gasteiger partial charge in [0.2, 0.25) is 0 Å². The number of hydrogen-bond acceptors (Lipinski definition) is 4. The predicted octanol–water partition coefficient (Wildman–Crippen LogP) is 6.59. The van der Waals surface area contributed by atoms with Crippen molar-refractivity contribution in [2.75, 3.05) is 11.9 Å². The van der Waals surface area contributed by atoms with Gasteiger partial charge in [0, 0.05) is 6.07 Å². The summed E-state index contributed by atoms with van der Waals surface area (Å²) in [5, 5.41) is 15.1. The summed E-state index contributed by atoms with van der Waals surface area (Å²) < 4.78 is 62.2. The van der Waals surface area contributed by atoms with E-state index in [4.69, 9.17) is 4.74 Å². The molecule has 10 heteroatoms. The van der Waals surface area contributed by atoms with Crippen LogP contribution >= 0.6 is 0 Å². The van der Waals surface area contributed by atoms with Crippen LogP contribution in [0.5, 0.6) is 0 Å². The number of nitriles is 1. The number of rotatable bonds is 8. The van der Waals surface area contributed by atoms with Crippen LogP contribution in [0.25, 0.3) is 5.69 Å². The fraction of sp³-hybridized carbons (Fsp3) is 0.138. The van der Waals surface area contributed by atoms with Gasteiger partial charge in [0.25, 0.3) is 5.91 Å². The molecule has 1 N–H and O–H groups in total. The van der Waals surface area contributed by atoms with Gasteiger partial charge in [0.05, 0.1) is 29.6 Å². The molecule has 0 saturated carbocycles. The maximum atomic E-state index is 14.8. The minimum atomic E-state index is -4.84. The number of alkyl halides is 3. The molecule has 1 amide bonds. The van der Waals surface area contributed by atoms with Crippen molar-refractivity contribution in [3.63, 3.8) is 0 Å². The average molecular weight is 532 g/mol. The first-order valence-electron chi connectivity index (χ1n) is 11.9. The van der Waals surface area contributed by atoms with Gasteiger partial charge in [-0.25, -0.2) is 9.07 Å². The lowest BCUT2D eigenvalue weighted by atomic mass is 10.0. The minimum absolute atomic E-state index is 0.0656. The highest BCUT2D eigenvalue weighted by Crippen LogP contribution is 2.33. The van der Waals surface area contributed by atoms with Crippen LogP contribution in [0.15, 0.2) is 90.5 Å². The zero-order chi connectivity index (χ0) is 27.6. The molecule has 0 radical (unpaired) electrons. The van der Waals surface area contributed by atoms with E-state index in [1.807, 2.05) is 42.5 Å². The number of hydrogen-bond donors (Lipinski definition) is 1. The number of aromatic nitrogens is 2. The summed E-state index contributed by atoms with van der Waals surface area (Å²) in [4.78, 5) is 13.2. The second-order valence-corrected chi connectivity index (χ2v) is 8.85. The molecule has 0 fully saturated rings. The van der Waals surface area contributed by atoms with Crippen LogP contribution in [0.1, 0.15) is 45.4 Å². The average Bonchev–Trinajstić information content (AvgIpc) is 3.64. The topological polar surface area (TPSA) is 79.9 Å². The molecule has 4 aromatic rings. The smallest absolute Gasteiger partial charge is 0.364 e. The van der Waals surface area contributed by atoms with E-state index in [0.29, 0.717) is 18.2 Å². The van der Waals surface area contributed by atoms with E-state index in [9.17, 15) is 27.6 Å². The SMILES string of the molecule is N#Cc1cccc(-n2nc(C(F)(F)F)cc2C(=O)Nc2cc(C(OCC3=CC3)c3ccccc3)ccc2F)c1. The predicted molar refractivity (Wildman–Crippen MR) is 135 cm³/mol. The number of amides is 1. The fourth-order valence-electron chi connectivity index (χ4n) is 3.97. The third kappa shape index (κ3) is 5.89. The molecule has 1 aliphatic rings. The van der Waals surface area contributed by atoms with E-state index in [-0.39, 0.29) is 16.9 Å². The Labute approximate surface area is 220 Å². The van der Waals surface area contributed by atoms with Crippen LogP contribution in [-0.4, -0.2) is 22.3 Å². The Bertz CT molecular complexity index is 1600. The first kappa shape index (κ1) is 25.9. The van der Waals surface area contributed by atoms with E-state index in [0.717, 1.165) is 28.3 Å². The number of carbonyl (C=O) groups excluding carboxylic acids is 1. The summed E-state index contributed by atoms with van der Waals surface area (Å²) >= 11 is 0. The summed E-state index contributed by atoms with van der Waals surface area (Å²) in [5.74, 6) is -1.80. The summed E-state index contributed by atoms with van der Waals surface area (Å²) in [6, 6.07) is 21.4. The van der Waals surface area contributed by atoms with Crippen molar-refractivity contribution in [2.24, 2.45) is 0 Å². The van der Waals surface area contributed by atoms with Crippen molar-refractivity contribution in [2.45, 2.75) is 18.7 Å². The van der Waals surface area contributed by atoms with Gasteiger partial charge in [-0.3, -0.25) is 4.79 Å². The van der Waals surface area contributed by atoms with Gasteiger partial charge in [-0.1, -0.05) is 48.5 Å². The molecule has 1 aromatic heterocycles. The Morgan fingerprint density at radius 2 is 1.82 bits per heavy atom. The highest BCUT2D eigenvalue weighted by atomic mass is 19.4. The normalized spacial score (nSPS) is 13.4. The highest BCUT2D eigenvalue weighted by molar-refractivity contribution is 6.03. The van der Waals surface area contributed by atoms with Crippen LogP contribution < -0.4 is 5.32 Å². The molecule has 1 aliphatic carbocycles. The van der Waals surface area contributed by atoms with E-state index < -0.39 is 35.4 Å². The molecule has 1 unspecified atom stereocenters. The largest absolute Gasteiger partial charge is 0.435 e. The van der Waals surface area contributed by atoms with Crippen molar-refractivity contribution in [1.82, 2.24) is 9.78 Å². The number of halogens is 4. The molecule has 6 nitrogen and oxygen atoms in total. The second-order valence-electron chi connectivity index (χ2n) is 8.85. The van der Waals surface area contributed by atoms with Gasteiger partial charge in [0.15, 0.2) is 5.69 Å². The summed E-state index contributed by atoms with van der Waals surface area (Å²) in [6.45, 7) is 0.389. The van der Waals surface area contributed by atoms with Gasteiger partial charge in [-0.15, -0.1) is 0 Å². The summed E-state index contributed by atoms with van der Waals surface area (Å²) in [6.07, 6.45) is -2.50. The van der Waals surface area contributed by atoms with Crippen LogP contribution in [0.2, 0.25) is 0 Å². The lowest BCUT2D eigenvalue weighted by Gasteiger charge is -2.20. The van der Waals surface area contributed by atoms with Crippen LogP contribution in [-0.2, 0) is 10.9 Å². The molecule has 0 saturated heterocycles. The molecule has 39 heavy (non-hydrogen) atoms. The molecule has 0 spiro atoms. The number of anilines is 1. The second kappa shape index (κ2) is 10.6. The molecule has 1 atom stereocenters. The quantitative estimate of drug-likeness (QED) is 0.205. The van der Waals surface area contributed by atoms with E-state index >= 15 is 0 Å². The third-order valence-electron chi connectivity index (χ3n) is 6.02. The first-order chi connectivity index (χ1) is 18.7. The first-order valence-corrected chi connectivity index (χ1v) is 11.9. The van der Waals surface area contributed by atoms with E-state index in [2.05, 4.69) is 10.4 Å². The number of nitrogens with zero attached hydrogens (tertiary/aromatic N) is 3. The Hall–Kier alpha value is -4.75. The van der Waals surface area contributed by atoms with Crippen molar-refractivity contribution < 1.29 is 27.1 Å². The summed E-state index contributed by atoms with van der Waals surface area (Å²) in [5.41, 5.74) is 0.695. The molecule has 3 aromatic carbocycles. The zero-order valence-electron chi connectivity index (χ0n) is 20.2. The lowest BCUT2D eigenvalue weighted by molar-refractivity contribution is -0.141. The van der Waals surface area contributed by atoms with Crippen molar-refractivity contribution >= 4 is 11.6 Å². The molecule has 196 valence electrons. The van der Waals surface area contributed by atoms with Crippen molar-refractivity contribution in [1.29, 1.82) is 5.26 Å². The lowest BCUT2D eigenvalue weighted by Crippen LogP contribution is -2.18. The monoisotopic (exact) mass is 532 g/mol. The maximum absolute atomic E-state index is 14.8. The fourth-order valence-corrected chi connectivity index (χ4v) is 3.97. The maximum Gasteiger partial charge on any atom is 0.435 e. The van der Waals surface area contributed by atoms with E-state index in [1.54, 1.807) is 0 Å². The molecule has 0 bridgehead atoms. The molecule has 1 heterocycles. The Morgan fingerprint density at radius 3 is 2.51 bits per heavy atom. The van der Waals surface area contributed by atoms with Crippen LogP contribution in [0.3, 0.4) is 0 Å². The third-order valence-corrected chi connectivity index (χ3v) is 6.02. The number of benzene rings is 3. The van der Waals surface area contributed by atoms with Crippen LogP contribution in [0, 0.1) is 17.1 Å². The number of allylic oxidation sites excluding steroid dienone is 1. The van der Waals surface area contributed by atoms with Gasteiger partial charge >= 0.3 is 6.18 Å². The number of ether oxygens (including phenoxy) is 1. The standard InChI is InChI=1S/C29H20F4N4O2/c30-23-12-11-21(27(39-17-18-9-10-18)20-6-2-1-3-7-20)14-24(23)35-28(38)25-15-26(29(31,32)33)36-37(25)22-8-4-5-19(13-22)16-34/h1-9,11-15,27H,10,17H2,(H,35,38).